The molecule has 3 rings (SSSR count). The van der Waals surface area contributed by atoms with Gasteiger partial charge in [-0.1, -0.05) is 24.3 Å². The van der Waals surface area contributed by atoms with Crippen LogP contribution in [0.5, 0.6) is 11.5 Å². The highest BCUT2D eigenvalue weighted by Gasteiger charge is 2.16. The van der Waals surface area contributed by atoms with Crippen molar-refractivity contribution in [3.05, 3.63) is 89.7 Å². The molecule has 126 valence electrons. The minimum atomic E-state index is -1.23. The summed E-state index contributed by atoms with van der Waals surface area (Å²) in [6.07, 6.45) is 0. The molecule has 0 aliphatic rings. The molecule has 0 aliphatic carbocycles. The van der Waals surface area contributed by atoms with E-state index in [1.807, 2.05) is 0 Å². The van der Waals surface area contributed by atoms with Crippen molar-refractivity contribution in [3.63, 3.8) is 0 Å². The molecule has 0 aliphatic heterocycles. The molecule has 0 heterocycles. The van der Waals surface area contributed by atoms with Gasteiger partial charge in [-0.15, -0.1) is 0 Å². The second-order valence-corrected chi connectivity index (χ2v) is 5.11. The number of amides is 1. The molecule has 3 aromatic rings. The second kappa shape index (κ2) is 7.09. The molecule has 3 nitrogen and oxygen atoms in total. The summed E-state index contributed by atoms with van der Waals surface area (Å²) in [5.41, 5.74) is -0.194. The van der Waals surface area contributed by atoms with Gasteiger partial charge in [0.25, 0.3) is 5.91 Å². The Morgan fingerprint density at radius 2 is 1.64 bits per heavy atom. The van der Waals surface area contributed by atoms with Gasteiger partial charge in [-0.3, -0.25) is 4.79 Å². The number of ether oxygens (including phenoxy) is 1. The fourth-order valence-corrected chi connectivity index (χ4v) is 2.19. The van der Waals surface area contributed by atoms with Crippen LogP contribution >= 0.6 is 0 Å². The minimum Gasteiger partial charge on any atom is -0.455 e. The van der Waals surface area contributed by atoms with E-state index in [0.29, 0.717) is 0 Å². The van der Waals surface area contributed by atoms with Crippen LogP contribution < -0.4 is 10.1 Å². The van der Waals surface area contributed by atoms with E-state index in [4.69, 9.17) is 4.74 Å². The van der Waals surface area contributed by atoms with Crippen LogP contribution in [-0.2, 0) is 0 Å². The zero-order valence-corrected chi connectivity index (χ0v) is 12.8. The molecule has 25 heavy (non-hydrogen) atoms. The van der Waals surface area contributed by atoms with Crippen molar-refractivity contribution in [2.24, 2.45) is 0 Å². The van der Waals surface area contributed by atoms with Gasteiger partial charge in [0.05, 0.1) is 11.3 Å². The first-order valence-electron chi connectivity index (χ1n) is 7.32. The number of hydrogen-bond acceptors (Lipinski definition) is 2. The molecule has 0 radical (unpaired) electrons. The Morgan fingerprint density at radius 1 is 0.880 bits per heavy atom. The summed E-state index contributed by atoms with van der Waals surface area (Å²) in [5.74, 6) is -3.18. The number of anilines is 1. The molecule has 0 aromatic heterocycles. The third kappa shape index (κ3) is 3.80. The zero-order chi connectivity index (χ0) is 17.8. The van der Waals surface area contributed by atoms with E-state index in [2.05, 4.69) is 5.32 Å². The number of benzene rings is 3. The van der Waals surface area contributed by atoms with E-state index >= 15 is 0 Å². The van der Waals surface area contributed by atoms with Crippen LogP contribution in [0.25, 0.3) is 0 Å². The third-order valence-corrected chi connectivity index (χ3v) is 3.36. The van der Waals surface area contributed by atoms with Crippen molar-refractivity contribution in [1.82, 2.24) is 0 Å². The molecule has 1 amide bonds. The summed E-state index contributed by atoms with van der Waals surface area (Å²) >= 11 is 0. The third-order valence-electron chi connectivity index (χ3n) is 3.36. The molecule has 0 fully saturated rings. The topological polar surface area (TPSA) is 38.3 Å². The zero-order valence-electron chi connectivity index (χ0n) is 12.8. The Labute approximate surface area is 141 Å². The number of carbonyl (C=O) groups is 1. The number of rotatable bonds is 4. The van der Waals surface area contributed by atoms with Crippen LogP contribution in [0.2, 0.25) is 0 Å². The summed E-state index contributed by atoms with van der Waals surface area (Å²) < 4.78 is 45.8. The lowest BCUT2D eigenvalue weighted by atomic mass is 10.2. The Balaban J connectivity index is 1.86. The molecular formula is C19H12F3NO2. The first kappa shape index (κ1) is 16.6. The number of halogens is 3. The number of carbonyl (C=O) groups excluding carboxylic acids is 1. The lowest BCUT2D eigenvalue weighted by molar-refractivity contribution is 0.102. The molecule has 0 unspecified atom stereocenters. The van der Waals surface area contributed by atoms with Gasteiger partial charge in [0.15, 0.2) is 17.4 Å². The van der Waals surface area contributed by atoms with Gasteiger partial charge in [-0.2, -0.15) is 0 Å². The summed E-state index contributed by atoms with van der Waals surface area (Å²) in [6.45, 7) is 0. The van der Waals surface area contributed by atoms with Gasteiger partial charge in [0.2, 0.25) is 0 Å². The maximum atomic E-state index is 13.7. The summed E-state index contributed by atoms with van der Waals surface area (Å²) in [6, 6.07) is 15.2. The largest absolute Gasteiger partial charge is 0.455 e. The molecule has 6 heteroatoms. The summed E-state index contributed by atoms with van der Waals surface area (Å²) in [4.78, 5) is 12.2. The van der Waals surface area contributed by atoms with Gasteiger partial charge in [-0.05, 0) is 36.4 Å². The first-order valence-corrected chi connectivity index (χ1v) is 7.32. The minimum absolute atomic E-state index is 0.235. The standard InChI is InChI=1S/C19H12F3NO2/c20-12-5-3-6-13(11-12)25-17-10-2-1-9-16(17)23-19(24)14-7-4-8-15(21)18(14)22/h1-11H,(H,23,24). The predicted octanol–water partition coefficient (Wildman–Crippen LogP) is 5.15. The Morgan fingerprint density at radius 3 is 2.44 bits per heavy atom. The maximum absolute atomic E-state index is 13.7. The van der Waals surface area contributed by atoms with Crippen LogP contribution in [0, 0.1) is 17.5 Å². The molecule has 0 bridgehead atoms. The van der Waals surface area contributed by atoms with Gasteiger partial charge in [0, 0.05) is 6.07 Å². The smallest absolute Gasteiger partial charge is 0.258 e. The van der Waals surface area contributed by atoms with E-state index in [-0.39, 0.29) is 17.2 Å². The number of nitrogens with one attached hydrogen (secondary N) is 1. The van der Waals surface area contributed by atoms with Crippen molar-refractivity contribution in [1.29, 1.82) is 0 Å². The van der Waals surface area contributed by atoms with E-state index in [0.717, 1.165) is 6.07 Å². The van der Waals surface area contributed by atoms with Gasteiger partial charge in [0.1, 0.15) is 11.6 Å². The van der Waals surface area contributed by atoms with Crippen LogP contribution in [0.1, 0.15) is 10.4 Å². The fourth-order valence-electron chi connectivity index (χ4n) is 2.19. The van der Waals surface area contributed by atoms with Gasteiger partial charge in [-0.25, -0.2) is 13.2 Å². The maximum Gasteiger partial charge on any atom is 0.258 e. The molecule has 0 atom stereocenters. The Hall–Kier alpha value is -3.28. The Kier molecular flexibility index (Phi) is 4.70. The van der Waals surface area contributed by atoms with Crippen LogP contribution in [-0.4, -0.2) is 5.91 Å². The van der Waals surface area contributed by atoms with E-state index < -0.39 is 28.9 Å². The number of hydrogen-bond donors (Lipinski definition) is 1. The molecule has 0 spiro atoms. The quantitative estimate of drug-likeness (QED) is 0.711. The van der Waals surface area contributed by atoms with Crippen LogP contribution in [0.3, 0.4) is 0 Å². The highest BCUT2D eigenvalue weighted by molar-refractivity contribution is 6.05. The number of para-hydroxylation sites is 2. The molecule has 1 N–H and O–H groups in total. The van der Waals surface area contributed by atoms with Crippen LogP contribution in [0.4, 0.5) is 18.9 Å². The molecule has 0 saturated heterocycles. The van der Waals surface area contributed by atoms with Crippen molar-refractivity contribution < 1.29 is 22.7 Å². The second-order valence-electron chi connectivity index (χ2n) is 5.11. The average Bonchev–Trinajstić information content (AvgIpc) is 2.59. The monoisotopic (exact) mass is 343 g/mol. The van der Waals surface area contributed by atoms with Crippen molar-refractivity contribution in [2.75, 3.05) is 5.32 Å². The SMILES string of the molecule is O=C(Nc1ccccc1Oc1cccc(F)c1)c1cccc(F)c1F. The van der Waals surface area contributed by atoms with Crippen molar-refractivity contribution >= 4 is 11.6 Å². The van der Waals surface area contributed by atoms with Crippen molar-refractivity contribution in [2.45, 2.75) is 0 Å². The fraction of sp³-hybridized carbons (Fsp3) is 0. The Bertz CT molecular complexity index is 928. The summed E-state index contributed by atoms with van der Waals surface area (Å²) in [7, 11) is 0. The molecule has 0 saturated carbocycles. The van der Waals surface area contributed by atoms with Gasteiger partial charge < -0.3 is 10.1 Å². The normalized spacial score (nSPS) is 10.4. The predicted molar refractivity (Wildman–Crippen MR) is 87.2 cm³/mol. The van der Waals surface area contributed by atoms with Crippen LogP contribution in [0.15, 0.2) is 66.7 Å². The van der Waals surface area contributed by atoms with E-state index in [1.165, 1.54) is 36.4 Å². The lowest BCUT2D eigenvalue weighted by Crippen LogP contribution is -2.15. The highest BCUT2D eigenvalue weighted by atomic mass is 19.2. The van der Waals surface area contributed by atoms with Crippen molar-refractivity contribution in [3.8, 4) is 11.5 Å². The molecular weight excluding hydrogens is 331 g/mol. The highest BCUT2D eigenvalue weighted by Crippen LogP contribution is 2.30. The van der Waals surface area contributed by atoms with E-state index in [1.54, 1.807) is 24.3 Å². The van der Waals surface area contributed by atoms with E-state index in [9.17, 15) is 18.0 Å². The van der Waals surface area contributed by atoms with Gasteiger partial charge >= 0.3 is 0 Å². The average molecular weight is 343 g/mol. The lowest BCUT2D eigenvalue weighted by Gasteiger charge is -2.12. The first-order chi connectivity index (χ1) is 12.0. The molecule has 3 aromatic carbocycles. The summed E-state index contributed by atoms with van der Waals surface area (Å²) in [5, 5.41) is 2.47.